The van der Waals surface area contributed by atoms with Crippen LogP contribution in [-0.4, -0.2) is 35.1 Å². The van der Waals surface area contributed by atoms with Gasteiger partial charge in [0, 0.05) is 30.8 Å². The molecular formula is C17H15F3N2O2. The molecule has 1 aliphatic rings. The third kappa shape index (κ3) is 2.28. The third-order valence-electron chi connectivity index (χ3n) is 4.02. The molecule has 24 heavy (non-hydrogen) atoms. The van der Waals surface area contributed by atoms with E-state index in [1.54, 1.807) is 32.3 Å². The number of fused-ring (bicyclic) bond motifs is 1. The first kappa shape index (κ1) is 16.5. The lowest BCUT2D eigenvalue weighted by Gasteiger charge is -2.38. The molecule has 0 spiro atoms. The first-order valence-corrected chi connectivity index (χ1v) is 7.19. The maximum absolute atomic E-state index is 13.0. The van der Waals surface area contributed by atoms with Crippen molar-refractivity contribution in [1.82, 2.24) is 10.0 Å². The van der Waals surface area contributed by atoms with Crippen LogP contribution in [0, 0.1) is 0 Å². The van der Waals surface area contributed by atoms with Gasteiger partial charge >= 0.3 is 6.18 Å². The summed E-state index contributed by atoms with van der Waals surface area (Å²) in [6.45, 7) is 0. The van der Waals surface area contributed by atoms with Crippen molar-refractivity contribution in [2.75, 3.05) is 14.1 Å². The Balaban J connectivity index is 2.25. The molecule has 4 nitrogen and oxygen atoms in total. The van der Waals surface area contributed by atoms with E-state index >= 15 is 0 Å². The van der Waals surface area contributed by atoms with Crippen LogP contribution in [0.3, 0.4) is 0 Å². The van der Waals surface area contributed by atoms with Crippen LogP contribution in [0.5, 0.6) is 0 Å². The van der Waals surface area contributed by atoms with Gasteiger partial charge in [0.15, 0.2) is 0 Å². The Morgan fingerprint density at radius 2 is 1.75 bits per heavy atom. The Kier molecular flexibility index (Phi) is 3.65. The zero-order chi connectivity index (χ0) is 17.7. The van der Waals surface area contributed by atoms with Gasteiger partial charge in [-0.15, -0.1) is 0 Å². The van der Waals surface area contributed by atoms with E-state index in [0.29, 0.717) is 0 Å². The molecule has 0 radical (unpaired) electrons. The van der Waals surface area contributed by atoms with Crippen LogP contribution in [-0.2, 0) is 11.9 Å². The Morgan fingerprint density at radius 3 is 2.38 bits per heavy atom. The summed E-state index contributed by atoms with van der Waals surface area (Å²) >= 11 is 0. The summed E-state index contributed by atoms with van der Waals surface area (Å²) in [4.78, 5) is 12.6. The number of benzene rings is 2. The van der Waals surface area contributed by atoms with Gasteiger partial charge in [-0.3, -0.25) is 4.79 Å². The van der Waals surface area contributed by atoms with Crippen molar-refractivity contribution in [2.45, 2.75) is 11.9 Å². The number of carbonyl (C=O) groups is 1. The smallest absolute Gasteiger partial charge is 0.362 e. The zero-order valence-corrected chi connectivity index (χ0v) is 13.0. The van der Waals surface area contributed by atoms with E-state index in [9.17, 15) is 23.1 Å². The standard InChI is InChI=1S/C17H15F3N2O2/c1-21(2)22-15(23)13-8-3-4-9-14(13)16(22,24)11-6-5-7-12(10-11)17(18,19)20/h3-10,24H,1-2H3. The van der Waals surface area contributed by atoms with Crippen LogP contribution in [0.1, 0.15) is 27.0 Å². The maximum atomic E-state index is 13.0. The summed E-state index contributed by atoms with van der Waals surface area (Å²) in [6, 6.07) is 10.7. The maximum Gasteiger partial charge on any atom is 0.416 e. The van der Waals surface area contributed by atoms with Gasteiger partial charge in [0.05, 0.1) is 5.56 Å². The molecule has 3 rings (SSSR count). The van der Waals surface area contributed by atoms with Crippen molar-refractivity contribution in [3.8, 4) is 0 Å². The average Bonchev–Trinajstić information content (AvgIpc) is 2.76. The Hall–Kier alpha value is -2.38. The molecule has 0 fully saturated rings. The first-order chi connectivity index (χ1) is 11.2. The van der Waals surface area contributed by atoms with E-state index in [1.807, 2.05) is 0 Å². The highest BCUT2D eigenvalue weighted by atomic mass is 19.4. The van der Waals surface area contributed by atoms with Crippen molar-refractivity contribution in [3.63, 3.8) is 0 Å². The fourth-order valence-electron chi connectivity index (χ4n) is 3.01. The van der Waals surface area contributed by atoms with Gasteiger partial charge in [0.25, 0.3) is 5.91 Å². The largest absolute Gasteiger partial charge is 0.416 e. The predicted octanol–water partition coefficient (Wildman–Crippen LogP) is 2.83. The quantitative estimate of drug-likeness (QED) is 0.917. The highest BCUT2D eigenvalue weighted by Crippen LogP contribution is 2.43. The molecule has 1 atom stereocenters. The fraction of sp³-hybridized carbons (Fsp3) is 0.235. The number of alkyl halides is 3. The number of amides is 1. The lowest BCUT2D eigenvalue weighted by atomic mass is 9.93. The highest BCUT2D eigenvalue weighted by molar-refractivity contribution is 6.00. The number of hydrogen-bond acceptors (Lipinski definition) is 3. The molecule has 1 unspecified atom stereocenters. The van der Waals surface area contributed by atoms with Gasteiger partial charge in [0.1, 0.15) is 0 Å². The number of hydrazine groups is 1. The molecule has 2 aromatic carbocycles. The molecule has 1 aliphatic heterocycles. The second kappa shape index (κ2) is 5.32. The molecule has 1 N–H and O–H groups in total. The Morgan fingerprint density at radius 1 is 1.08 bits per heavy atom. The number of nitrogens with zero attached hydrogens (tertiary/aromatic N) is 2. The van der Waals surface area contributed by atoms with Crippen molar-refractivity contribution in [1.29, 1.82) is 0 Å². The Labute approximate surface area is 136 Å². The molecule has 1 amide bonds. The van der Waals surface area contributed by atoms with Crippen LogP contribution in [0.4, 0.5) is 13.2 Å². The van der Waals surface area contributed by atoms with E-state index in [2.05, 4.69) is 0 Å². The summed E-state index contributed by atoms with van der Waals surface area (Å²) in [5, 5.41) is 13.7. The number of rotatable bonds is 2. The normalized spacial score (nSPS) is 20.6. The first-order valence-electron chi connectivity index (χ1n) is 7.19. The fourth-order valence-corrected chi connectivity index (χ4v) is 3.01. The predicted molar refractivity (Wildman–Crippen MR) is 80.7 cm³/mol. The highest BCUT2D eigenvalue weighted by Gasteiger charge is 2.51. The van der Waals surface area contributed by atoms with E-state index < -0.39 is 23.4 Å². The average molecular weight is 336 g/mol. The van der Waals surface area contributed by atoms with E-state index in [4.69, 9.17) is 0 Å². The van der Waals surface area contributed by atoms with Crippen molar-refractivity contribution in [2.24, 2.45) is 0 Å². The van der Waals surface area contributed by atoms with Crippen LogP contribution in [0.25, 0.3) is 0 Å². The SMILES string of the molecule is CN(C)N1C(=O)c2ccccc2C1(O)c1cccc(C(F)(F)F)c1. The lowest BCUT2D eigenvalue weighted by Crippen LogP contribution is -2.51. The number of aliphatic hydroxyl groups is 1. The molecular weight excluding hydrogens is 321 g/mol. The molecule has 0 saturated heterocycles. The van der Waals surface area contributed by atoms with Gasteiger partial charge in [-0.05, 0) is 18.2 Å². The number of hydrogen-bond donors (Lipinski definition) is 1. The topological polar surface area (TPSA) is 43.8 Å². The Bertz CT molecular complexity index is 804. The van der Waals surface area contributed by atoms with Crippen LogP contribution < -0.4 is 0 Å². The minimum absolute atomic E-state index is 0.0238. The molecule has 0 aromatic heterocycles. The van der Waals surface area contributed by atoms with E-state index in [1.165, 1.54) is 23.2 Å². The molecule has 1 heterocycles. The molecule has 0 saturated carbocycles. The minimum atomic E-state index is -4.54. The monoisotopic (exact) mass is 336 g/mol. The molecule has 0 aliphatic carbocycles. The van der Waals surface area contributed by atoms with Crippen LogP contribution >= 0.6 is 0 Å². The minimum Gasteiger partial charge on any atom is -0.362 e. The third-order valence-corrected chi connectivity index (χ3v) is 4.02. The van der Waals surface area contributed by atoms with E-state index in [0.717, 1.165) is 17.1 Å². The van der Waals surface area contributed by atoms with Gasteiger partial charge in [-0.1, -0.05) is 30.3 Å². The summed E-state index contributed by atoms with van der Waals surface area (Å²) in [6.07, 6.45) is -4.54. The van der Waals surface area contributed by atoms with Gasteiger partial charge in [-0.2, -0.15) is 13.2 Å². The van der Waals surface area contributed by atoms with Crippen LogP contribution in [0.15, 0.2) is 48.5 Å². The van der Waals surface area contributed by atoms with Crippen molar-refractivity contribution in [3.05, 3.63) is 70.8 Å². The van der Waals surface area contributed by atoms with Crippen molar-refractivity contribution < 1.29 is 23.1 Å². The van der Waals surface area contributed by atoms with E-state index in [-0.39, 0.29) is 16.7 Å². The summed E-state index contributed by atoms with van der Waals surface area (Å²) in [7, 11) is 3.09. The lowest BCUT2D eigenvalue weighted by molar-refractivity contribution is -0.141. The number of carbonyl (C=O) groups excluding carboxylic acids is 1. The second-order valence-corrected chi connectivity index (χ2v) is 5.76. The molecule has 7 heteroatoms. The summed E-state index contributed by atoms with van der Waals surface area (Å²) < 4.78 is 39.1. The van der Waals surface area contributed by atoms with Gasteiger partial charge in [-0.25, -0.2) is 10.0 Å². The van der Waals surface area contributed by atoms with Gasteiger partial charge in [0.2, 0.25) is 5.72 Å². The summed E-state index contributed by atoms with van der Waals surface area (Å²) in [5.74, 6) is -0.476. The number of halogens is 3. The second-order valence-electron chi connectivity index (χ2n) is 5.76. The molecule has 126 valence electrons. The van der Waals surface area contributed by atoms with Crippen LogP contribution in [0.2, 0.25) is 0 Å². The van der Waals surface area contributed by atoms with Crippen molar-refractivity contribution >= 4 is 5.91 Å². The summed E-state index contributed by atoms with van der Waals surface area (Å²) in [5.41, 5.74) is -2.40. The molecule has 2 aromatic rings. The molecule has 0 bridgehead atoms. The zero-order valence-electron chi connectivity index (χ0n) is 13.0. The van der Waals surface area contributed by atoms with Gasteiger partial charge < -0.3 is 5.11 Å².